The lowest BCUT2D eigenvalue weighted by molar-refractivity contribution is 0.153. The fraction of sp³-hybridized carbons (Fsp3) is 0.500. The summed E-state index contributed by atoms with van der Waals surface area (Å²) in [7, 11) is 1.72. The first-order valence-corrected chi connectivity index (χ1v) is 6.40. The molecule has 1 atom stereocenters. The van der Waals surface area contributed by atoms with Gasteiger partial charge in [-0.1, -0.05) is 19.4 Å². The lowest BCUT2D eigenvalue weighted by atomic mass is 10.1. The van der Waals surface area contributed by atoms with Crippen molar-refractivity contribution >= 4 is 17.0 Å². The minimum absolute atomic E-state index is 0.257. The van der Waals surface area contributed by atoms with E-state index in [9.17, 15) is 0 Å². The Balaban J connectivity index is 2.50. The number of methoxy groups -OCH3 is 1. The van der Waals surface area contributed by atoms with Crippen LogP contribution < -0.4 is 5.73 Å². The minimum atomic E-state index is 0.257. The fourth-order valence-corrected chi connectivity index (χ4v) is 2.42. The molecule has 18 heavy (non-hydrogen) atoms. The second-order valence-electron chi connectivity index (χ2n) is 4.73. The van der Waals surface area contributed by atoms with E-state index in [4.69, 9.17) is 10.5 Å². The van der Waals surface area contributed by atoms with Gasteiger partial charge in [0.15, 0.2) is 0 Å². The second kappa shape index (κ2) is 5.40. The number of hydrogen-bond donors (Lipinski definition) is 1. The molecule has 1 aromatic carbocycles. The van der Waals surface area contributed by atoms with Crippen LogP contribution in [0, 0.1) is 6.92 Å². The summed E-state index contributed by atoms with van der Waals surface area (Å²) in [4.78, 5) is 4.44. The van der Waals surface area contributed by atoms with E-state index in [2.05, 4.69) is 41.6 Å². The van der Waals surface area contributed by atoms with Crippen molar-refractivity contribution in [2.24, 2.45) is 0 Å². The van der Waals surface area contributed by atoms with Crippen molar-refractivity contribution in [1.29, 1.82) is 0 Å². The van der Waals surface area contributed by atoms with Gasteiger partial charge in [0.1, 0.15) is 0 Å². The lowest BCUT2D eigenvalue weighted by Crippen LogP contribution is -2.16. The molecule has 0 saturated carbocycles. The van der Waals surface area contributed by atoms with Crippen LogP contribution in [0.4, 0.5) is 5.95 Å². The SMILES string of the molecule is CCCC(COC)n1c(N)nc2cc(C)ccc21. The molecule has 2 rings (SSSR count). The topological polar surface area (TPSA) is 53.1 Å². The number of hydrogen-bond acceptors (Lipinski definition) is 3. The summed E-state index contributed by atoms with van der Waals surface area (Å²) in [5.74, 6) is 0.575. The van der Waals surface area contributed by atoms with Crippen LogP contribution in [-0.2, 0) is 4.74 Å². The van der Waals surface area contributed by atoms with E-state index in [-0.39, 0.29) is 6.04 Å². The Morgan fingerprint density at radius 2 is 2.22 bits per heavy atom. The minimum Gasteiger partial charge on any atom is -0.383 e. The number of nitrogens with zero attached hydrogens (tertiary/aromatic N) is 2. The van der Waals surface area contributed by atoms with Gasteiger partial charge in [-0.05, 0) is 31.0 Å². The molecule has 0 aliphatic carbocycles. The zero-order valence-electron chi connectivity index (χ0n) is 11.3. The number of anilines is 1. The zero-order valence-corrected chi connectivity index (χ0v) is 11.3. The number of aromatic nitrogens is 2. The molecule has 2 N–H and O–H groups in total. The molecule has 2 aromatic rings. The number of benzene rings is 1. The first kappa shape index (κ1) is 12.9. The van der Waals surface area contributed by atoms with E-state index in [1.165, 1.54) is 5.56 Å². The van der Waals surface area contributed by atoms with Crippen LogP contribution >= 0.6 is 0 Å². The highest BCUT2D eigenvalue weighted by molar-refractivity contribution is 5.79. The van der Waals surface area contributed by atoms with Crippen molar-refractivity contribution in [1.82, 2.24) is 9.55 Å². The molecule has 98 valence electrons. The van der Waals surface area contributed by atoms with Crippen molar-refractivity contribution in [3.63, 3.8) is 0 Å². The molecule has 4 heteroatoms. The molecule has 0 spiro atoms. The van der Waals surface area contributed by atoms with E-state index >= 15 is 0 Å². The summed E-state index contributed by atoms with van der Waals surface area (Å²) in [5.41, 5.74) is 9.32. The van der Waals surface area contributed by atoms with Crippen molar-refractivity contribution in [2.45, 2.75) is 32.7 Å². The molecule has 0 aliphatic heterocycles. The van der Waals surface area contributed by atoms with Gasteiger partial charge in [-0.15, -0.1) is 0 Å². The summed E-state index contributed by atoms with van der Waals surface area (Å²) in [6, 6.07) is 6.51. The van der Waals surface area contributed by atoms with E-state index in [1.807, 2.05) is 0 Å². The van der Waals surface area contributed by atoms with Crippen LogP contribution in [0.1, 0.15) is 31.4 Å². The molecule has 1 heterocycles. The molecule has 0 saturated heterocycles. The quantitative estimate of drug-likeness (QED) is 0.883. The number of ether oxygens (including phenoxy) is 1. The number of nitrogens with two attached hydrogens (primary N) is 1. The Bertz CT molecular complexity index is 527. The molecular formula is C14H21N3O. The standard InChI is InChI=1S/C14H21N3O/c1-4-5-11(9-18-3)17-13-7-6-10(2)8-12(13)16-14(17)15/h6-8,11H,4-5,9H2,1-3H3,(H2,15,16). The molecule has 0 bridgehead atoms. The number of aryl methyl sites for hydroxylation is 1. The van der Waals surface area contributed by atoms with E-state index in [0.29, 0.717) is 12.6 Å². The third-order valence-electron chi connectivity index (χ3n) is 3.22. The maximum absolute atomic E-state index is 6.06. The summed E-state index contributed by atoms with van der Waals surface area (Å²) in [6.45, 7) is 4.90. The third-order valence-corrected chi connectivity index (χ3v) is 3.22. The van der Waals surface area contributed by atoms with Crippen LogP contribution in [0.5, 0.6) is 0 Å². The predicted molar refractivity (Wildman–Crippen MR) is 74.7 cm³/mol. The van der Waals surface area contributed by atoms with Gasteiger partial charge in [-0.3, -0.25) is 0 Å². The van der Waals surface area contributed by atoms with Gasteiger partial charge in [-0.2, -0.15) is 0 Å². The van der Waals surface area contributed by atoms with E-state index in [1.54, 1.807) is 7.11 Å². The smallest absolute Gasteiger partial charge is 0.201 e. The number of nitrogen functional groups attached to an aromatic ring is 1. The van der Waals surface area contributed by atoms with Gasteiger partial charge >= 0.3 is 0 Å². The van der Waals surface area contributed by atoms with Crippen LogP contribution in [0.25, 0.3) is 11.0 Å². The van der Waals surface area contributed by atoms with Crippen molar-refractivity contribution in [2.75, 3.05) is 19.5 Å². The number of imidazole rings is 1. The Labute approximate surface area is 108 Å². The van der Waals surface area contributed by atoms with Gasteiger partial charge in [-0.25, -0.2) is 4.98 Å². The average molecular weight is 247 g/mol. The Morgan fingerprint density at radius 3 is 2.89 bits per heavy atom. The monoisotopic (exact) mass is 247 g/mol. The average Bonchev–Trinajstić information content (AvgIpc) is 2.64. The van der Waals surface area contributed by atoms with E-state index in [0.717, 1.165) is 23.9 Å². The molecule has 1 unspecified atom stereocenters. The maximum Gasteiger partial charge on any atom is 0.201 e. The Kier molecular flexibility index (Phi) is 3.87. The summed E-state index contributed by atoms with van der Waals surface area (Å²) in [6.07, 6.45) is 2.14. The molecule has 0 fully saturated rings. The normalized spacial score (nSPS) is 13.1. The molecule has 0 radical (unpaired) electrons. The summed E-state index contributed by atoms with van der Waals surface area (Å²) in [5, 5.41) is 0. The van der Waals surface area contributed by atoms with Crippen LogP contribution in [0.15, 0.2) is 18.2 Å². The zero-order chi connectivity index (χ0) is 13.1. The highest BCUT2D eigenvalue weighted by Gasteiger charge is 2.17. The summed E-state index contributed by atoms with van der Waals surface area (Å²) >= 11 is 0. The van der Waals surface area contributed by atoms with Crippen molar-refractivity contribution < 1.29 is 4.74 Å². The predicted octanol–water partition coefficient (Wildman–Crippen LogP) is 2.91. The largest absolute Gasteiger partial charge is 0.383 e. The molecule has 0 amide bonds. The third kappa shape index (κ3) is 2.34. The van der Waals surface area contributed by atoms with Gasteiger partial charge in [0, 0.05) is 7.11 Å². The molecule has 0 aliphatic rings. The lowest BCUT2D eigenvalue weighted by Gasteiger charge is -2.19. The maximum atomic E-state index is 6.06. The Hall–Kier alpha value is -1.55. The number of rotatable bonds is 5. The van der Waals surface area contributed by atoms with Gasteiger partial charge < -0.3 is 15.0 Å². The molecule has 1 aromatic heterocycles. The summed E-state index contributed by atoms with van der Waals surface area (Å²) < 4.78 is 7.40. The van der Waals surface area contributed by atoms with Crippen LogP contribution in [-0.4, -0.2) is 23.3 Å². The first-order chi connectivity index (χ1) is 8.67. The Morgan fingerprint density at radius 1 is 1.44 bits per heavy atom. The van der Waals surface area contributed by atoms with Crippen LogP contribution in [0.3, 0.4) is 0 Å². The first-order valence-electron chi connectivity index (χ1n) is 6.40. The van der Waals surface area contributed by atoms with Crippen molar-refractivity contribution in [3.05, 3.63) is 23.8 Å². The van der Waals surface area contributed by atoms with E-state index < -0.39 is 0 Å². The molecule has 4 nitrogen and oxygen atoms in total. The van der Waals surface area contributed by atoms with Crippen molar-refractivity contribution in [3.8, 4) is 0 Å². The highest BCUT2D eigenvalue weighted by atomic mass is 16.5. The number of fused-ring (bicyclic) bond motifs is 1. The van der Waals surface area contributed by atoms with Gasteiger partial charge in [0.05, 0.1) is 23.7 Å². The second-order valence-corrected chi connectivity index (χ2v) is 4.73. The van der Waals surface area contributed by atoms with Crippen LogP contribution in [0.2, 0.25) is 0 Å². The highest BCUT2D eigenvalue weighted by Crippen LogP contribution is 2.26. The van der Waals surface area contributed by atoms with Gasteiger partial charge in [0.25, 0.3) is 0 Å². The fourth-order valence-electron chi connectivity index (χ4n) is 2.42. The van der Waals surface area contributed by atoms with Gasteiger partial charge in [0.2, 0.25) is 5.95 Å². The molecular weight excluding hydrogens is 226 g/mol.